The summed E-state index contributed by atoms with van der Waals surface area (Å²) in [5, 5.41) is 0.940. The van der Waals surface area contributed by atoms with E-state index >= 15 is 0 Å². The van der Waals surface area contributed by atoms with Crippen LogP contribution in [0.5, 0.6) is 0 Å². The first-order chi connectivity index (χ1) is 8.37. The van der Waals surface area contributed by atoms with Crippen LogP contribution < -0.4 is 0 Å². The highest BCUT2D eigenvalue weighted by atomic mass is 79.9. The smallest absolute Gasteiger partial charge is 0.372 e. The van der Waals surface area contributed by atoms with Crippen LogP contribution in [0, 0.1) is 0 Å². The molecule has 0 unspecified atom stereocenters. The Hall–Kier alpha value is -0.300. The molecular weight excluding hydrogens is 315 g/mol. The van der Waals surface area contributed by atoms with E-state index in [0.717, 1.165) is 24.6 Å². The Bertz CT molecular complexity index is 237. The van der Waals surface area contributed by atoms with Crippen molar-refractivity contribution in [3.05, 3.63) is 0 Å². The van der Waals surface area contributed by atoms with Crippen molar-refractivity contribution in [1.29, 1.82) is 0 Å². The van der Waals surface area contributed by atoms with Crippen molar-refractivity contribution in [2.24, 2.45) is 0 Å². The standard InChI is InChI=1S/C11H19BrF3NO2/c1-16(7-4-2-3-6-12)10(17)5-8-18-9-11(13,14)15/h2-9H2,1H3. The van der Waals surface area contributed by atoms with Gasteiger partial charge in [0.05, 0.1) is 13.0 Å². The fourth-order valence-corrected chi connectivity index (χ4v) is 1.68. The van der Waals surface area contributed by atoms with Crippen LogP contribution in [0.4, 0.5) is 13.2 Å². The van der Waals surface area contributed by atoms with Crippen molar-refractivity contribution in [3.8, 4) is 0 Å². The molecule has 0 spiro atoms. The topological polar surface area (TPSA) is 29.5 Å². The highest BCUT2D eigenvalue weighted by Crippen LogP contribution is 2.14. The minimum Gasteiger partial charge on any atom is -0.372 e. The van der Waals surface area contributed by atoms with E-state index in [4.69, 9.17) is 0 Å². The molecular formula is C11H19BrF3NO2. The molecule has 0 aromatic rings. The third-order valence-corrected chi connectivity index (χ3v) is 2.84. The van der Waals surface area contributed by atoms with Crippen molar-refractivity contribution in [1.82, 2.24) is 4.90 Å². The van der Waals surface area contributed by atoms with Gasteiger partial charge in [0.2, 0.25) is 5.91 Å². The first-order valence-corrected chi connectivity index (χ1v) is 6.93. The number of halogens is 4. The summed E-state index contributed by atoms with van der Waals surface area (Å²) in [5.74, 6) is -0.184. The van der Waals surface area contributed by atoms with Gasteiger partial charge in [-0.2, -0.15) is 13.2 Å². The third-order valence-electron chi connectivity index (χ3n) is 2.28. The quantitative estimate of drug-likeness (QED) is 0.479. The summed E-state index contributed by atoms with van der Waals surface area (Å²) in [7, 11) is 1.65. The fraction of sp³-hybridized carbons (Fsp3) is 0.909. The number of rotatable bonds is 9. The lowest BCUT2D eigenvalue weighted by molar-refractivity contribution is -0.175. The van der Waals surface area contributed by atoms with Crippen LogP contribution in [0.3, 0.4) is 0 Å². The molecule has 0 aromatic carbocycles. The fourth-order valence-electron chi connectivity index (χ4n) is 1.28. The molecule has 0 radical (unpaired) electrons. The zero-order valence-corrected chi connectivity index (χ0v) is 12.0. The highest BCUT2D eigenvalue weighted by molar-refractivity contribution is 9.09. The minimum atomic E-state index is -4.33. The van der Waals surface area contributed by atoms with E-state index < -0.39 is 12.8 Å². The van der Waals surface area contributed by atoms with Crippen molar-refractivity contribution < 1.29 is 22.7 Å². The molecule has 0 saturated heterocycles. The number of ether oxygens (including phenoxy) is 1. The molecule has 0 saturated carbocycles. The van der Waals surface area contributed by atoms with Crippen LogP contribution in [0.25, 0.3) is 0 Å². The van der Waals surface area contributed by atoms with Crippen molar-refractivity contribution in [2.45, 2.75) is 31.9 Å². The van der Waals surface area contributed by atoms with Crippen LogP contribution in [0.15, 0.2) is 0 Å². The van der Waals surface area contributed by atoms with Gasteiger partial charge in [-0.1, -0.05) is 22.4 Å². The molecule has 108 valence electrons. The molecule has 18 heavy (non-hydrogen) atoms. The molecule has 0 aromatic heterocycles. The van der Waals surface area contributed by atoms with Crippen molar-refractivity contribution in [3.63, 3.8) is 0 Å². The van der Waals surface area contributed by atoms with Crippen molar-refractivity contribution in [2.75, 3.05) is 32.1 Å². The van der Waals surface area contributed by atoms with Crippen LogP contribution in [0.2, 0.25) is 0 Å². The maximum absolute atomic E-state index is 11.8. The number of amides is 1. The van der Waals surface area contributed by atoms with E-state index in [1.54, 1.807) is 7.05 Å². The Kier molecular flexibility index (Phi) is 9.45. The Morgan fingerprint density at radius 1 is 1.28 bits per heavy atom. The number of alkyl halides is 4. The molecule has 1 amide bonds. The van der Waals surface area contributed by atoms with Gasteiger partial charge in [-0.05, 0) is 12.8 Å². The Labute approximate surface area is 114 Å². The van der Waals surface area contributed by atoms with Crippen LogP contribution in [-0.2, 0) is 9.53 Å². The Morgan fingerprint density at radius 2 is 1.94 bits per heavy atom. The van der Waals surface area contributed by atoms with E-state index in [1.807, 2.05) is 0 Å². The second kappa shape index (κ2) is 9.61. The molecule has 0 aliphatic carbocycles. The maximum atomic E-state index is 11.8. The van der Waals surface area contributed by atoms with Gasteiger partial charge in [-0.3, -0.25) is 4.79 Å². The average Bonchev–Trinajstić information content (AvgIpc) is 2.28. The van der Waals surface area contributed by atoms with Crippen LogP contribution >= 0.6 is 15.9 Å². The number of unbranched alkanes of at least 4 members (excludes halogenated alkanes) is 2. The molecule has 0 N–H and O–H groups in total. The number of nitrogens with zero attached hydrogens (tertiary/aromatic N) is 1. The van der Waals surface area contributed by atoms with Crippen molar-refractivity contribution >= 4 is 21.8 Å². The van der Waals surface area contributed by atoms with Gasteiger partial charge in [0, 0.05) is 18.9 Å². The number of carbonyl (C=O) groups excluding carboxylic acids is 1. The summed E-state index contributed by atoms with van der Waals surface area (Å²) in [6.45, 7) is -0.857. The average molecular weight is 334 g/mol. The molecule has 0 bridgehead atoms. The summed E-state index contributed by atoms with van der Waals surface area (Å²) in [4.78, 5) is 13.0. The Morgan fingerprint density at radius 3 is 2.50 bits per heavy atom. The summed E-state index contributed by atoms with van der Waals surface area (Å²) in [6.07, 6.45) is -1.36. The lowest BCUT2D eigenvalue weighted by Gasteiger charge is -2.17. The lowest BCUT2D eigenvalue weighted by Crippen LogP contribution is -2.29. The number of hydrogen-bond donors (Lipinski definition) is 0. The van der Waals surface area contributed by atoms with Gasteiger partial charge in [0.25, 0.3) is 0 Å². The van der Waals surface area contributed by atoms with E-state index in [1.165, 1.54) is 4.90 Å². The van der Waals surface area contributed by atoms with Gasteiger partial charge in [-0.25, -0.2) is 0 Å². The van der Waals surface area contributed by atoms with Gasteiger partial charge >= 0.3 is 6.18 Å². The molecule has 0 rings (SSSR count). The predicted octanol–water partition coefficient (Wildman–Crippen LogP) is 2.98. The van der Waals surface area contributed by atoms with E-state index in [2.05, 4.69) is 20.7 Å². The zero-order chi connectivity index (χ0) is 14.0. The van der Waals surface area contributed by atoms with Crippen LogP contribution in [0.1, 0.15) is 25.7 Å². The second-order valence-electron chi connectivity index (χ2n) is 3.98. The van der Waals surface area contributed by atoms with Gasteiger partial charge in [-0.15, -0.1) is 0 Å². The molecule has 0 aliphatic heterocycles. The maximum Gasteiger partial charge on any atom is 0.411 e. The summed E-state index contributed by atoms with van der Waals surface area (Å²) >= 11 is 3.31. The molecule has 0 atom stereocenters. The van der Waals surface area contributed by atoms with E-state index in [9.17, 15) is 18.0 Å². The number of carbonyl (C=O) groups is 1. The largest absolute Gasteiger partial charge is 0.411 e. The summed E-state index contributed by atoms with van der Waals surface area (Å²) in [6, 6.07) is 0. The number of hydrogen-bond acceptors (Lipinski definition) is 2. The van der Waals surface area contributed by atoms with E-state index in [-0.39, 0.29) is 18.9 Å². The highest BCUT2D eigenvalue weighted by Gasteiger charge is 2.27. The molecule has 7 heteroatoms. The summed E-state index contributed by atoms with van der Waals surface area (Å²) < 4.78 is 39.6. The first kappa shape index (κ1) is 17.7. The second-order valence-corrected chi connectivity index (χ2v) is 4.78. The van der Waals surface area contributed by atoms with Gasteiger partial charge in [0.1, 0.15) is 6.61 Å². The van der Waals surface area contributed by atoms with E-state index in [0.29, 0.717) is 6.54 Å². The molecule has 0 heterocycles. The zero-order valence-electron chi connectivity index (χ0n) is 10.4. The summed E-state index contributed by atoms with van der Waals surface area (Å²) in [5.41, 5.74) is 0. The Balaban J connectivity index is 3.56. The van der Waals surface area contributed by atoms with Crippen LogP contribution in [-0.4, -0.2) is 49.1 Å². The lowest BCUT2D eigenvalue weighted by atomic mass is 10.2. The normalized spacial score (nSPS) is 11.6. The van der Waals surface area contributed by atoms with Gasteiger partial charge in [0.15, 0.2) is 0 Å². The molecule has 0 fully saturated rings. The SMILES string of the molecule is CN(CCCCCBr)C(=O)CCOCC(F)(F)F. The van der Waals surface area contributed by atoms with Gasteiger partial charge < -0.3 is 9.64 Å². The third kappa shape index (κ3) is 10.8. The molecule has 3 nitrogen and oxygen atoms in total. The molecule has 0 aliphatic rings. The first-order valence-electron chi connectivity index (χ1n) is 5.81. The minimum absolute atomic E-state index is 0.00890. The predicted molar refractivity (Wildman–Crippen MR) is 66.8 cm³/mol. The monoisotopic (exact) mass is 333 g/mol.